The molecule has 0 aliphatic carbocycles. The maximum absolute atomic E-state index is 11.7. The van der Waals surface area contributed by atoms with Crippen molar-refractivity contribution in [3.8, 4) is 0 Å². The SMILES string of the molecule is COCCNCCNC(=O)CSc1ccc(Br)cc1C.Cl. The molecule has 0 aliphatic heterocycles. The number of amides is 1. The summed E-state index contributed by atoms with van der Waals surface area (Å²) >= 11 is 4.99. The topological polar surface area (TPSA) is 50.4 Å². The van der Waals surface area contributed by atoms with Gasteiger partial charge in [-0.25, -0.2) is 0 Å². The standard InChI is InChI=1S/C14H21BrN2O2S.ClH/c1-11-9-12(15)3-4-13(11)20-10-14(18)17-6-5-16-7-8-19-2;/h3-4,9,16H,5-8,10H2,1-2H3,(H,17,18);1H. The highest BCUT2D eigenvalue weighted by Crippen LogP contribution is 2.24. The van der Waals surface area contributed by atoms with Gasteiger partial charge < -0.3 is 15.4 Å². The van der Waals surface area contributed by atoms with Gasteiger partial charge in [0, 0.05) is 36.1 Å². The third kappa shape index (κ3) is 9.37. The lowest BCUT2D eigenvalue weighted by Crippen LogP contribution is -2.33. The molecule has 0 aliphatic rings. The maximum atomic E-state index is 11.7. The number of aryl methyl sites for hydroxylation is 1. The van der Waals surface area contributed by atoms with Crippen LogP contribution in [0.1, 0.15) is 5.56 Å². The molecule has 7 heteroatoms. The fourth-order valence-corrected chi connectivity index (χ4v) is 2.87. The summed E-state index contributed by atoms with van der Waals surface area (Å²) in [5.74, 6) is 0.506. The molecule has 0 saturated heterocycles. The van der Waals surface area contributed by atoms with E-state index >= 15 is 0 Å². The van der Waals surface area contributed by atoms with Crippen molar-refractivity contribution in [1.82, 2.24) is 10.6 Å². The van der Waals surface area contributed by atoms with Gasteiger partial charge in [-0.3, -0.25) is 4.79 Å². The number of benzene rings is 1. The van der Waals surface area contributed by atoms with Crippen LogP contribution in [-0.2, 0) is 9.53 Å². The first-order chi connectivity index (χ1) is 9.63. The van der Waals surface area contributed by atoms with Gasteiger partial charge in [0.25, 0.3) is 0 Å². The van der Waals surface area contributed by atoms with E-state index in [2.05, 4.69) is 32.6 Å². The van der Waals surface area contributed by atoms with Crippen LogP contribution in [-0.4, -0.2) is 45.0 Å². The van der Waals surface area contributed by atoms with E-state index in [4.69, 9.17) is 4.74 Å². The van der Waals surface area contributed by atoms with Crippen molar-refractivity contribution in [1.29, 1.82) is 0 Å². The van der Waals surface area contributed by atoms with Gasteiger partial charge in [-0.1, -0.05) is 15.9 Å². The molecular weight excluding hydrogens is 376 g/mol. The first-order valence-corrected chi connectivity index (χ1v) is 8.26. The molecular formula is C14H22BrClN2O2S. The fraction of sp³-hybridized carbons (Fsp3) is 0.500. The highest BCUT2D eigenvalue weighted by atomic mass is 79.9. The lowest BCUT2D eigenvalue weighted by molar-refractivity contribution is -0.118. The zero-order valence-electron chi connectivity index (χ0n) is 12.3. The van der Waals surface area contributed by atoms with Crippen molar-refractivity contribution in [2.75, 3.05) is 39.1 Å². The Bertz CT molecular complexity index is 435. The zero-order valence-corrected chi connectivity index (χ0v) is 15.5. The molecule has 0 radical (unpaired) electrons. The van der Waals surface area contributed by atoms with E-state index in [0.717, 1.165) is 22.5 Å². The molecule has 21 heavy (non-hydrogen) atoms. The van der Waals surface area contributed by atoms with E-state index in [1.807, 2.05) is 19.1 Å². The summed E-state index contributed by atoms with van der Waals surface area (Å²) in [6.45, 7) is 4.94. The summed E-state index contributed by atoms with van der Waals surface area (Å²) in [5.41, 5.74) is 1.18. The molecule has 0 heterocycles. The number of ether oxygens (including phenoxy) is 1. The zero-order chi connectivity index (χ0) is 14.8. The fourth-order valence-electron chi connectivity index (χ4n) is 1.56. The Kier molecular flexibility index (Phi) is 12.1. The number of hydrogen-bond acceptors (Lipinski definition) is 4. The quantitative estimate of drug-likeness (QED) is 0.497. The van der Waals surface area contributed by atoms with Crippen molar-refractivity contribution in [2.45, 2.75) is 11.8 Å². The van der Waals surface area contributed by atoms with Crippen LogP contribution >= 0.6 is 40.1 Å². The minimum absolute atomic E-state index is 0. The van der Waals surface area contributed by atoms with Gasteiger partial charge in [0.15, 0.2) is 0 Å². The lowest BCUT2D eigenvalue weighted by atomic mass is 10.2. The first kappa shape index (κ1) is 20.7. The van der Waals surface area contributed by atoms with E-state index < -0.39 is 0 Å². The molecule has 1 amide bonds. The summed E-state index contributed by atoms with van der Waals surface area (Å²) < 4.78 is 5.98. The number of rotatable bonds is 9. The van der Waals surface area contributed by atoms with Crippen LogP contribution in [0.3, 0.4) is 0 Å². The highest BCUT2D eigenvalue weighted by Gasteiger charge is 2.04. The minimum atomic E-state index is 0. The molecule has 1 aromatic rings. The second-order valence-corrected chi connectivity index (χ2v) is 6.22. The molecule has 1 aromatic carbocycles. The van der Waals surface area contributed by atoms with Crippen molar-refractivity contribution in [3.63, 3.8) is 0 Å². The molecule has 0 fully saturated rings. The number of carbonyl (C=O) groups is 1. The predicted molar refractivity (Wildman–Crippen MR) is 94.6 cm³/mol. The Morgan fingerprint density at radius 3 is 2.76 bits per heavy atom. The number of hydrogen-bond donors (Lipinski definition) is 2. The Morgan fingerprint density at radius 1 is 1.33 bits per heavy atom. The van der Waals surface area contributed by atoms with Gasteiger partial charge in [0.2, 0.25) is 5.91 Å². The summed E-state index contributed by atoms with van der Waals surface area (Å²) in [6.07, 6.45) is 0. The molecule has 0 bridgehead atoms. The second-order valence-electron chi connectivity index (χ2n) is 4.29. The molecule has 0 saturated carbocycles. The van der Waals surface area contributed by atoms with E-state index in [0.29, 0.717) is 18.9 Å². The second kappa shape index (κ2) is 12.3. The maximum Gasteiger partial charge on any atom is 0.230 e. The third-order valence-electron chi connectivity index (χ3n) is 2.60. The molecule has 0 spiro atoms. The van der Waals surface area contributed by atoms with Crippen molar-refractivity contribution < 1.29 is 9.53 Å². The average molecular weight is 398 g/mol. The Hall–Kier alpha value is -0.270. The highest BCUT2D eigenvalue weighted by molar-refractivity contribution is 9.10. The van der Waals surface area contributed by atoms with Crippen molar-refractivity contribution in [3.05, 3.63) is 28.2 Å². The van der Waals surface area contributed by atoms with Crippen LogP contribution in [0.15, 0.2) is 27.6 Å². The predicted octanol–water partition coefficient (Wildman–Crippen LogP) is 2.62. The third-order valence-corrected chi connectivity index (χ3v) is 4.27. The molecule has 120 valence electrons. The van der Waals surface area contributed by atoms with Crippen LogP contribution < -0.4 is 10.6 Å². The number of halogens is 2. The first-order valence-electron chi connectivity index (χ1n) is 6.49. The van der Waals surface area contributed by atoms with Gasteiger partial charge in [0.1, 0.15) is 0 Å². The van der Waals surface area contributed by atoms with Crippen LogP contribution in [0.5, 0.6) is 0 Å². The number of carbonyl (C=O) groups excluding carboxylic acids is 1. The summed E-state index contributed by atoms with van der Waals surface area (Å²) in [4.78, 5) is 12.8. The normalized spacial score (nSPS) is 10.0. The molecule has 1 rings (SSSR count). The van der Waals surface area contributed by atoms with Gasteiger partial charge in [-0.05, 0) is 30.7 Å². The molecule has 4 nitrogen and oxygen atoms in total. The summed E-state index contributed by atoms with van der Waals surface area (Å²) in [5, 5.41) is 6.07. The van der Waals surface area contributed by atoms with Gasteiger partial charge in [-0.2, -0.15) is 0 Å². The van der Waals surface area contributed by atoms with Crippen LogP contribution in [0, 0.1) is 6.92 Å². The van der Waals surface area contributed by atoms with E-state index in [1.165, 1.54) is 5.56 Å². The molecule has 0 aromatic heterocycles. The van der Waals surface area contributed by atoms with Crippen molar-refractivity contribution >= 4 is 46.0 Å². The summed E-state index contributed by atoms with van der Waals surface area (Å²) in [7, 11) is 1.67. The Balaban J connectivity index is 0.00000400. The van der Waals surface area contributed by atoms with Gasteiger partial charge in [0.05, 0.1) is 12.4 Å². The Labute approximate surface area is 145 Å². The lowest BCUT2D eigenvalue weighted by Gasteiger charge is -2.08. The molecule has 0 atom stereocenters. The van der Waals surface area contributed by atoms with E-state index in [9.17, 15) is 4.79 Å². The smallest absolute Gasteiger partial charge is 0.230 e. The van der Waals surface area contributed by atoms with Crippen molar-refractivity contribution in [2.24, 2.45) is 0 Å². The number of methoxy groups -OCH3 is 1. The average Bonchev–Trinajstić information content (AvgIpc) is 2.41. The largest absolute Gasteiger partial charge is 0.383 e. The van der Waals surface area contributed by atoms with E-state index in [-0.39, 0.29) is 18.3 Å². The molecule has 2 N–H and O–H groups in total. The van der Waals surface area contributed by atoms with E-state index in [1.54, 1.807) is 18.9 Å². The van der Waals surface area contributed by atoms with Crippen LogP contribution in [0.25, 0.3) is 0 Å². The number of thioether (sulfide) groups is 1. The minimum Gasteiger partial charge on any atom is -0.383 e. The molecule has 0 unspecified atom stereocenters. The van der Waals surface area contributed by atoms with Gasteiger partial charge >= 0.3 is 0 Å². The van der Waals surface area contributed by atoms with Crippen LogP contribution in [0.2, 0.25) is 0 Å². The number of nitrogens with one attached hydrogen (secondary N) is 2. The van der Waals surface area contributed by atoms with Crippen LogP contribution in [0.4, 0.5) is 0 Å². The Morgan fingerprint density at radius 2 is 2.10 bits per heavy atom. The monoisotopic (exact) mass is 396 g/mol. The summed E-state index contributed by atoms with van der Waals surface area (Å²) in [6, 6.07) is 6.08. The van der Waals surface area contributed by atoms with Gasteiger partial charge in [-0.15, -0.1) is 24.2 Å².